The van der Waals surface area contributed by atoms with Gasteiger partial charge >= 0.3 is 0 Å². The van der Waals surface area contributed by atoms with Gasteiger partial charge in [-0.25, -0.2) is 0 Å². The molecule has 0 bridgehead atoms. The van der Waals surface area contributed by atoms with Crippen molar-refractivity contribution in [3.63, 3.8) is 0 Å². The summed E-state index contributed by atoms with van der Waals surface area (Å²) in [6.45, 7) is 4.28. The minimum Gasteiger partial charge on any atom is -0.342 e. The summed E-state index contributed by atoms with van der Waals surface area (Å²) in [6.07, 6.45) is 5.86. The van der Waals surface area contributed by atoms with Crippen molar-refractivity contribution in [2.75, 3.05) is 19.6 Å². The lowest BCUT2D eigenvalue weighted by molar-refractivity contribution is -0.134. The van der Waals surface area contributed by atoms with E-state index in [1.807, 2.05) is 22.8 Å². The number of aryl methyl sites for hydroxylation is 2. The first-order valence-electron chi connectivity index (χ1n) is 7.16. The van der Waals surface area contributed by atoms with Crippen LogP contribution in [0.1, 0.15) is 31.0 Å². The number of nitrogens with zero attached hydrogens (tertiary/aromatic N) is 3. The van der Waals surface area contributed by atoms with Crippen LogP contribution in [0.15, 0.2) is 6.20 Å². The molecular formula is C14H24N4O. The lowest BCUT2D eigenvalue weighted by atomic mass is 9.97. The van der Waals surface area contributed by atoms with Gasteiger partial charge in [0.05, 0.1) is 11.6 Å². The minimum atomic E-state index is -0.104. The van der Waals surface area contributed by atoms with Crippen LogP contribution in [0.2, 0.25) is 0 Å². The Morgan fingerprint density at radius 1 is 1.47 bits per heavy atom. The first kappa shape index (κ1) is 14.1. The third kappa shape index (κ3) is 3.15. The van der Waals surface area contributed by atoms with Crippen molar-refractivity contribution < 1.29 is 4.79 Å². The van der Waals surface area contributed by atoms with Gasteiger partial charge in [0.25, 0.3) is 0 Å². The second-order valence-electron chi connectivity index (χ2n) is 5.30. The average Bonchev–Trinajstić information content (AvgIpc) is 3.04. The number of hydrogen-bond acceptors (Lipinski definition) is 3. The highest BCUT2D eigenvalue weighted by Crippen LogP contribution is 2.17. The van der Waals surface area contributed by atoms with Crippen LogP contribution in [0.4, 0.5) is 0 Å². The summed E-state index contributed by atoms with van der Waals surface area (Å²) in [5.74, 6) is 0.110. The first-order valence-corrected chi connectivity index (χ1v) is 7.16. The molecule has 0 aliphatic carbocycles. The van der Waals surface area contributed by atoms with Crippen LogP contribution in [0.25, 0.3) is 0 Å². The highest BCUT2D eigenvalue weighted by atomic mass is 16.2. The molecule has 1 amide bonds. The van der Waals surface area contributed by atoms with Gasteiger partial charge in [-0.1, -0.05) is 6.92 Å². The Hall–Kier alpha value is -1.36. The molecule has 0 spiro atoms. The number of nitrogens with two attached hydrogens (primary N) is 1. The molecule has 5 heteroatoms. The summed E-state index contributed by atoms with van der Waals surface area (Å²) in [5.41, 5.74) is 8.05. The second kappa shape index (κ2) is 6.19. The molecule has 2 heterocycles. The third-order valence-electron chi connectivity index (χ3n) is 3.84. The summed E-state index contributed by atoms with van der Waals surface area (Å²) in [5, 5.41) is 4.42. The predicted octanol–water partition coefficient (Wildman–Crippen LogP) is 0.722. The van der Waals surface area contributed by atoms with E-state index in [2.05, 4.69) is 12.0 Å². The topological polar surface area (TPSA) is 64.2 Å². The van der Waals surface area contributed by atoms with Gasteiger partial charge in [-0.15, -0.1) is 0 Å². The summed E-state index contributed by atoms with van der Waals surface area (Å²) in [4.78, 5) is 14.4. The fourth-order valence-corrected chi connectivity index (χ4v) is 2.78. The first-order chi connectivity index (χ1) is 9.15. The van der Waals surface area contributed by atoms with E-state index >= 15 is 0 Å². The van der Waals surface area contributed by atoms with Gasteiger partial charge in [-0.2, -0.15) is 5.10 Å². The Labute approximate surface area is 114 Å². The van der Waals surface area contributed by atoms with E-state index in [0.29, 0.717) is 13.0 Å². The van der Waals surface area contributed by atoms with Crippen molar-refractivity contribution in [2.24, 2.45) is 18.7 Å². The number of carbonyl (C=O) groups is 1. The zero-order chi connectivity index (χ0) is 13.8. The standard InChI is InChI=1S/C14H24N4O/c1-3-13-12(10-17(2)16-13)8-11(9-15)14(19)18-6-4-5-7-18/h10-11H,3-9,15H2,1-2H3. The van der Waals surface area contributed by atoms with Gasteiger partial charge in [0.2, 0.25) is 5.91 Å². The van der Waals surface area contributed by atoms with Gasteiger partial charge in [0, 0.05) is 32.9 Å². The zero-order valence-electron chi connectivity index (χ0n) is 11.9. The average molecular weight is 264 g/mol. The van der Waals surface area contributed by atoms with Crippen molar-refractivity contribution in [3.8, 4) is 0 Å². The zero-order valence-corrected chi connectivity index (χ0v) is 11.9. The van der Waals surface area contributed by atoms with Crippen molar-refractivity contribution in [3.05, 3.63) is 17.5 Å². The number of rotatable bonds is 5. The van der Waals surface area contributed by atoms with Crippen molar-refractivity contribution in [1.29, 1.82) is 0 Å². The van der Waals surface area contributed by atoms with Crippen molar-refractivity contribution >= 4 is 5.91 Å². The molecular weight excluding hydrogens is 240 g/mol. The molecule has 1 atom stereocenters. The molecule has 5 nitrogen and oxygen atoms in total. The van der Waals surface area contributed by atoms with Gasteiger partial charge < -0.3 is 10.6 Å². The number of likely N-dealkylation sites (tertiary alicyclic amines) is 1. The normalized spacial score (nSPS) is 16.9. The molecule has 1 aliphatic rings. The van der Waals surface area contributed by atoms with Crippen LogP contribution in [0, 0.1) is 5.92 Å². The summed E-state index contributed by atoms with van der Waals surface area (Å²) in [7, 11) is 1.92. The van der Waals surface area contributed by atoms with Crippen LogP contribution < -0.4 is 5.73 Å². The molecule has 1 unspecified atom stereocenters. The Morgan fingerprint density at radius 2 is 2.16 bits per heavy atom. The van der Waals surface area contributed by atoms with E-state index in [1.54, 1.807) is 0 Å². The molecule has 19 heavy (non-hydrogen) atoms. The maximum absolute atomic E-state index is 12.4. The van der Waals surface area contributed by atoms with Crippen molar-refractivity contribution in [1.82, 2.24) is 14.7 Å². The third-order valence-corrected chi connectivity index (χ3v) is 3.84. The van der Waals surface area contributed by atoms with Crippen LogP contribution in [0.5, 0.6) is 0 Å². The number of amides is 1. The number of aromatic nitrogens is 2. The van der Waals surface area contributed by atoms with Crippen LogP contribution in [-0.2, 0) is 24.7 Å². The molecule has 1 aromatic heterocycles. The Morgan fingerprint density at radius 3 is 2.74 bits per heavy atom. The van der Waals surface area contributed by atoms with Crippen LogP contribution >= 0.6 is 0 Å². The summed E-state index contributed by atoms with van der Waals surface area (Å²) in [6, 6.07) is 0. The fourth-order valence-electron chi connectivity index (χ4n) is 2.78. The van der Waals surface area contributed by atoms with Crippen LogP contribution in [0.3, 0.4) is 0 Å². The van der Waals surface area contributed by atoms with Gasteiger partial charge in [0.1, 0.15) is 0 Å². The van der Waals surface area contributed by atoms with E-state index in [0.717, 1.165) is 43.6 Å². The second-order valence-corrected chi connectivity index (χ2v) is 5.30. The van der Waals surface area contributed by atoms with E-state index in [-0.39, 0.29) is 11.8 Å². The van der Waals surface area contributed by atoms with E-state index in [9.17, 15) is 4.79 Å². The highest BCUT2D eigenvalue weighted by molar-refractivity contribution is 5.79. The largest absolute Gasteiger partial charge is 0.342 e. The Kier molecular flexibility index (Phi) is 4.58. The SMILES string of the molecule is CCc1nn(C)cc1CC(CN)C(=O)N1CCCC1. The summed E-state index contributed by atoms with van der Waals surface area (Å²) < 4.78 is 1.82. The van der Waals surface area contributed by atoms with Gasteiger partial charge in [-0.05, 0) is 31.2 Å². The predicted molar refractivity (Wildman–Crippen MR) is 74.6 cm³/mol. The number of hydrogen-bond donors (Lipinski definition) is 1. The Balaban J connectivity index is 2.07. The lowest BCUT2D eigenvalue weighted by Gasteiger charge is -2.22. The minimum absolute atomic E-state index is 0.104. The molecule has 1 aromatic rings. The molecule has 1 aliphatic heterocycles. The molecule has 0 aromatic carbocycles. The molecule has 106 valence electrons. The van der Waals surface area contributed by atoms with E-state index in [4.69, 9.17) is 5.73 Å². The van der Waals surface area contributed by atoms with Crippen LogP contribution in [-0.4, -0.2) is 40.2 Å². The monoisotopic (exact) mass is 264 g/mol. The molecule has 2 rings (SSSR count). The van der Waals surface area contributed by atoms with E-state index < -0.39 is 0 Å². The highest BCUT2D eigenvalue weighted by Gasteiger charge is 2.26. The molecule has 0 saturated carbocycles. The fraction of sp³-hybridized carbons (Fsp3) is 0.714. The molecule has 2 N–H and O–H groups in total. The lowest BCUT2D eigenvalue weighted by Crippen LogP contribution is -2.38. The molecule has 1 fully saturated rings. The smallest absolute Gasteiger partial charge is 0.227 e. The maximum Gasteiger partial charge on any atom is 0.227 e. The van der Waals surface area contributed by atoms with E-state index in [1.165, 1.54) is 0 Å². The quantitative estimate of drug-likeness (QED) is 0.852. The van der Waals surface area contributed by atoms with Gasteiger partial charge in [0.15, 0.2) is 0 Å². The number of carbonyl (C=O) groups excluding carboxylic acids is 1. The van der Waals surface area contributed by atoms with Crippen molar-refractivity contribution in [2.45, 2.75) is 32.6 Å². The maximum atomic E-state index is 12.4. The molecule has 0 radical (unpaired) electrons. The molecule has 1 saturated heterocycles. The van der Waals surface area contributed by atoms with Gasteiger partial charge in [-0.3, -0.25) is 9.48 Å². The summed E-state index contributed by atoms with van der Waals surface area (Å²) >= 11 is 0. The Bertz CT molecular complexity index is 435.